The van der Waals surface area contributed by atoms with Gasteiger partial charge in [0.2, 0.25) is 0 Å². The van der Waals surface area contributed by atoms with Gasteiger partial charge in [-0.25, -0.2) is 0 Å². The van der Waals surface area contributed by atoms with E-state index in [2.05, 4.69) is 0 Å². The highest BCUT2D eigenvalue weighted by Crippen LogP contribution is 2.17. The van der Waals surface area contributed by atoms with Crippen molar-refractivity contribution in [2.45, 2.75) is 6.42 Å². The molecule has 1 heterocycles. The van der Waals surface area contributed by atoms with Crippen LogP contribution in [0.3, 0.4) is 0 Å². The van der Waals surface area contributed by atoms with E-state index < -0.39 is 0 Å². The molecule has 16 heavy (non-hydrogen) atoms. The maximum Gasteiger partial charge on any atom is 0.281 e. The van der Waals surface area contributed by atoms with Crippen molar-refractivity contribution in [3.63, 3.8) is 0 Å². The Morgan fingerprint density at radius 1 is 1.31 bits per heavy atom. The molecule has 0 N–H and O–H groups in total. The SMILES string of the molecule is O=C(CCN1CCSC1=O)c1ccccc1. The van der Waals surface area contributed by atoms with Gasteiger partial charge in [-0.15, -0.1) is 0 Å². The number of Topliss-reactive ketones (excluding diaryl/α,β-unsaturated/α-hetero) is 1. The number of rotatable bonds is 4. The van der Waals surface area contributed by atoms with Crippen molar-refractivity contribution in [3.8, 4) is 0 Å². The van der Waals surface area contributed by atoms with Crippen LogP contribution >= 0.6 is 11.8 Å². The Balaban J connectivity index is 1.87. The van der Waals surface area contributed by atoms with Gasteiger partial charge in [-0.3, -0.25) is 9.59 Å². The summed E-state index contributed by atoms with van der Waals surface area (Å²) in [6, 6.07) is 9.21. The van der Waals surface area contributed by atoms with E-state index in [1.807, 2.05) is 30.3 Å². The molecule has 0 radical (unpaired) electrons. The van der Waals surface area contributed by atoms with Crippen molar-refractivity contribution in [2.75, 3.05) is 18.8 Å². The summed E-state index contributed by atoms with van der Waals surface area (Å²) in [4.78, 5) is 24.8. The van der Waals surface area contributed by atoms with E-state index in [0.29, 0.717) is 13.0 Å². The molecule has 84 valence electrons. The van der Waals surface area contributed by atoms with E-state index in [4.69, 9.17) is 0 Å². The number of hydrogen-bond acceptors (Lipinski definition) is 3. The molecule has 0 unspecified atom stereocenters. The first-order valence-electron chi connectivity index (χ1n) is 5.27. The third kappa shape index (κ3) is 2.64. The number of amides is 1. The van der Waals surface area contributed by atoms with E-state index >= 15 is 0 Å². The van der Waals surface area contributed by atoms with Crippen LogP contribution in [0.1, 0.15) is 16.8 Å². The lowest BCUT2D eigenvalue weighted by Gasteiger charge is -2.13. The smallest absolute Gasteiger partial charge is 0.281 e. The largest absolute Gasteiger partial charge is 0.332 e. The standard InChI is InChI=1S/C12H13NO2S/c14-11(10-4-2-1-3-5-10)6-7-13-8-9-16-12(13)15/h1-5H,6-9H2. The fourth-order valence-electron chi connectivity index (χ4n) is 1.63. The van der Waals surface area contributed by atoms with Crippen LogP contribution in [0.4, 0.5) is 4.79 Å². The van der Waals surface area contributed by atoms with Crippen molar-refractivity contribution < 1.29 is 9.59 Å². The van der Waals surface area contributed by atoms with E-state index in [0.717, 1.165) is 17.9 Å². The summed E-state index contributed by atoms with van der Waals surface area (Å²) in [7, 11) is 0. The number of ketones is 1. The minimum Gasteiger partial charge on any atom is -0.332 e. The van der Waals surface area contributed by atoms with E-state index in [1.165, 1.54) is 11.8 Å². The summed E-state index contributed by atoms with van der Waals surface area (Å²) in [5.41, 5.74) is 0.724. The second-order valence-corrected chi connectivity index (χ2v) is 4.69. The Labute approximate surface area is 98.8 Å². The molecule has 4 heteroatoms. The molecule has 0 saturated carbocycles. The third-order valence-electron chi connectivity index (χ3n) is 2.55. The van der Waals surface area contributed by atoms with Crippen LogP contribution in [0.15, 0.2) is 30.3 Å². The quantitative estimate of drug-likeness (QED) is 0.752. The molecule has 1 aliphatic rings. The molecule has 0 bridgehead atoms. The first-order valence-corrected chi connectivity index (χ1v) is 6.26. The van der Waals surface area contributed by atoms with Crippen LogP contribution in [0.5, 0.6) is 0 Å². The lowest BCUT2D eigenvalue weighted by atomic mass is 10.1. The first kappa shape index (κ1) is 11.2. The van der Waals surface area contributed by atoms with E-state index in [1.54, 1.807) is 4.90 Å². The summed E-state index contributed by atoms with van der Waals surface area (Å²) in [6.07, 6.45) is 0.413. The number of hydrogen-bond donors (Lipinski definition) is 0. The lowest BCUT2D eigenvalue weighted by Crippen LogP contribution is -2.26. The molecule has 0 aliphatic carbocycles. The molecule has 1 saturated heterocycles. The molecule has 0 spiro atoms. The Kier molecular flexibility index (Phi) is 3.62. The Bertz CT molecular complexity index is 391. The van der Waals surface area contributed by atoms with Gasteiger partial charge in [-0.1, -0.05) is 42.1 Å². The highest BCUT2D eigenvalue weighted by atomic mass is 32.2. The van der Waals surface area contributed by atoms with Gasteiger partial charge in [0, 0.05) is 30.8 Å². The van der Waals surface area contributed by atoms with Crippen LogP contribution in [0.2, 0.25) is 0 Å². The summed E-state index contributed by atoms with van der Waals surface area (Å²) < 4.78 is 0. The Morgan fingerprint density at radius 2 is 2.06 bits per heavy atom. The van der Waals surface area contributed by atoms with E-state index in [-0.39, 0.29) is 11.0 Å². The zero-order valence-corrected chi connectivity index (χ0v) is 9.70. The maximum absolute atomic E-state index is 11.8. The predicted molar refractivity (Wildman–Crippen MR) is 64.8 cm³/mol. The third-order valence-corrected chi connectivity index (χ3v) is 3.44. The van der Waals surface area contributed by atoms with Gasteiger partial charge >= 0.3 is 0 Å². The van der Waals surface area contributed by atoms with Gasteiger partial charge in [-0.05, 0) is 0 Å². The first-order chi connectivity index (χ1) is 7.77. The Hall–Kier alpha value is -1.29. The van der Waals surface area contributed by atoms with Crippen LogP contribution < -0.4 is 0 Å². The van der Waals surface area contributed by atoms with Gasteiger partial charge in [0.1, 0.15) is 0 Å². The van der Waals surface area contributed by atoms with Crippen LogP contribution in [-0.4, -0.2) is 34.8 Å². The summed E-state index contributed by atoms with van der Waals surface area (Å²) in [5.74, 6) is 0.948. The van der Waals surface area contributed by atoms with Crippen molar-refractivity contribution in [2.24, 2.45) is 0 Å². The fraction of sp³-hybridized carbons (Fsp3) is 0.333. The molecule has 1 amide bonds. The van der Waals surface area contributed by atoms with Crippen LogP contribution in [0, 0.1) is 0 Å². The number of carbonyl (C=O) groups is 2. The minimum atomic E-state index is 0.0980. The normalized spacial score (nSPS) is 15.5. The van der Waals surface area contributed by atoms with Crippen molar-refractivity contribution in [1.29, 1.82) is 0 Å². The van der Waals surface area contributed by atoms with Crippen molar-refractivity contribution >= 4 is 22.8 Å². The van der Waals surface area contributed by atoms with Crippen LogP contribution in [-0.2, 0) is 0 Å². The summed E-state index contributed by atoms with van der Waals surface area (Å²) in [6.45, 7) is 1.31. The van der Waals surface area contributed by atoms with Gasteiger partial charge < -0.3 is 4.90 Å². The maximum atomic E-state index is 11.8. The fourth-order valence-corrected chi connectivity index (χ4v) is 2.49. The van der Waals surface area contributed by atoms with Gasteiger partial charge in [0.15, 0.2) is 5.78 Å². The second kappa shape index (κ2) is 5.16. The lowest BCUT2D eigenvalue weighted by molar-refractivity contribution is 0.0973. The zero-order chi connectivity index (χ0) is 11.4. The predicted octanol–water partition coefficient (Wildman–Crippen LogP) is 2.43. The average Bonchev–Trinajstić information content (AvgIpc) is 2.73. The van der Waals surface area contributed by atoms with Gasteiger partial charge in [0.05, 0.1) is 0 Å². The number of thioether (sulfide) groups is 1. The summed E-state index contributed by atoms with van der Waals surface area (Å²) >= 11 is 1.33. The Morgan fingerprint density at radius 3 is 2.69 bits per heavy atom. The summed E-state index contributed by atoms with van der Waals surface area (Å²) in [5, 5.41) is 0.0980. The molecule has 2 rings (SSSR count). The second-order valence-electron chi connectivity index (χ2n) is 3.64. The molecular weight excluding hydrogens is 222 g/mol. The van der Waals surface area contributed by atoms with Crippen molar-refractivity contribution in [3.05, 3.63) is 35.9 Å². The van der Waals surface area contributed by atoms with Crippen LogP contribution in [0.25, 0.3) is 0 Å². The molecule has 1 aromatic rings. The molecule has 1 fully saturated rings. The highest BCUT2D eigenvalue weighted by molar-refractivity contribution is 8.13. The molecule has 0 aromatic heterocycles. The number of nitrogens with zero attached hydrogens (tertiary/aromatic N) is 1. The molecular formula is C12H13NO2S. The highest BCUT2D eigenvalue weighted by Gasteiger charge is 2.21. The minimum absolute atomic E-state index is 0.0980. The average molecular weight is 235 g/mol. The molecule has 1 aromatic carbocycles. The monoisotopic (exact) mass is 235 g/mol. The molecule has 3 nitrogen and oxygen atoms in total. The topological polar surface area (TPSA) is 37.4 Å². The van der Waals surface area contributed by atoms with Gasteiger partial charge in [-0.2, -0.15) is 0 Å². The number of carbonyl (C=O) groups excluding carboxylic acids is 2. The zero-order valence-electron chi connectivity index (χ0n) is 8.89. The van der Waals surface area contributed by atoms with E-state index in [9.17, 15) is 9.59 Å². The molecule has 1 aliphatic heterocycles. The van der Waals surface area contributed by atoms with Gasteiger partial charge in [0.25, 0.3) is 5.24 Å². The molecule has 0 atom stereocenters. The van der Waals surface area contributed by atoms with Crippen molar-refractivity contribution in [1.82, 2.24) is 4.90 Å². The number of benzene rings is 1.